The van der Waals surface area contributed by atoms with E-state index in [1.54, 1.807) is 0 Å². The molecule has 0 aromatic rings. The first-order valence-electron chi connectivity index (χ1n) is 6.77. The average molecular weight is 457 g/mol. The third kappa shape index (κ3) is 7.78. The number of allylic oxidation sites excluding steroid dienone is 8. The number of hydrogen-bond acceptors (Lipinski definition) is 0. The Morgan fingerprint density at radius 1 is 0.750 bits per heavy atom. The van der Waals surface area contributed by atoms with E-state index in [1.165, 1.54) is 11.1 Å². The quantitative estimate of drug-likeness (QED) is 0.316. The Morgan fingerprint density at radius 2 is 1.05 bits per heavy atom. The van der Waals surface area contributed by atoms with Crippen molar-refractivity contribution in [2.45, 2.75) is 54.4 Å². The molecular weight excluding hydrogens is 430 g/mol. The molecule has 20 heavy (non-hydrogen) atoms. The van der Waals surface area contributed by atoms with Gasteiger partial charge in [-0.2, -0.15) is 12.2 Å². The molecule has 0 fully saturated rings. The van der Waals surface area contributed by atoms with Crippen LogP contribution >= 0.6 is 12.4 Å². The van der Waals surface area contributed by atoms with Gasteiger partial charge < -0.3 is 0 Å². The molecule has 0 atom stereocenters. The SMILES string of the molecule is CC(C)(C)C1=[C-]CC=C1.CC(C)(C)C1=[C-]CC=C1.Cl.[Hf]. The molecule has 2 aliphatic rings. The van der Waals surface area contributed by atoms with Crippen molar-refractivity contribution >= 4 is 12.4 Å². The average Bonchev–Trinajstić information content (AvgIpc) is 2.91. The maximum absolute atomic E-state index is 3.30. The van der Waals surface area contributed by atoms with Crippen LogP contribution in [0.3, 0.4) is 0 Å². The Morgan fingerprint density at radius 3 is 1.15 bits per heavy atom. The van der Waals surface area contributed by atoms with Gasteiger partial charge in [0.25, 0.3) is 0 Å². The molecule has 0 saturated heterocycles. The van der Waals surface area contributed by atoms with Gasteiger partial charge in [0, 0.05) is 25.8 Å². The first-order chi connectivity index (χ1) is 8.21. The summed E-state index contributed by atoms with van der Waals surface area (Å²) < 4.78 is 0. The predicted octanol–water partition coefficient (Wildman–Crippen LogP) is 5.86. The smallest absolute Gasteiger partial charge is 0 e. The molecule has 0 aromatic carbocycles. The zero-order chi connectivity index (χ0) is 13.8. The molecule has 0 spiro atoms. The Hall–Kier alpha value is 0.120. The molecular formula is C18H27ClHf-2. The van der Waals surface area contributed by atoms with Gasteiger partial charge in [0.05, 0.1) is 0 Å². The summed E-state index contributed by atoms with van der Waals surface area (Å²) in [4.78, 5) is 0. The maximum Gasteiger partial charge on any atom is 0 e. The van der Waals surface area contributed by atoms with E-state index >= 15 is 0 Å². The topological polar surface area (TPSA) is 0 Å². The summed E-state index contributed by atoms with van der Waals surface area (Å²) in [5, 5.41) is 0. The zero-order valence-corrected chi connectivity index (χ0v) is 18.0. The summed E-state index contributed by atoms with van der Waals surface area (Å²) in [6.07, 6.45) is 17.3. The van der Waals surface area contributed by atoms with E-state index in [4.69, 9.17) is 0 Å². The zero-order valence-electron chi connectivity index (χ0n) is 13.6. The number of hydrogen-bond donors (Lipinski definition) is 0. The fraction of sp³-hybridized carbons (Fsp3) is 0.556. The minimum atomic E-state index is 0. The van der Waals surface area contributed by atoms with Crippen LogP contribution < -0.4 is 0 Å². The molecule has 2 aliphatic carbocycles. The van der Waals surface area contributed by atoms with Gasteiger partial charge in [-0.05, 0) is 10.8 Å². The van der Waals surface area contributed by atoms with Gasteiger partial charge in [0.2, 0.25) is 0 Å². The van der Waals surface area contributed by atoms with Crippen molar-refractivity contribution in [3.8, 4) is 0 Å². The van der Waals surface area contributed by atoms with Gasteiger partial charge in [0.1, 0.15) is 0 Å². The number of rotatable bonds is 0. The molecule has 0 heterocycles. The second-order valence-electron chi connectivity index (χ2n) is 6.89. The maximum atomic E-state index is 3.30. The minimum absolute atomic E-state index is 0. The monoisotopic (exact) mass is 458 g/mol. The van der Waals surface area contributed by atoms with E-state index < -0.39 is 0 Å². The van der Waals surface area contributed by atoms with Gasteiger partial charge in [-0.25, -0.2) is 23.3 Å². The third-order valence-electron chi connectivity index (χ3n) is 3.01. The molecule has 2 heteroatoms. The van der Waals surface area contributed by atoms with E-state index in [9.17, 15) is 0 Å². The van der Waals surface area contributed by atoms with Crippen LogP contribution in [0.4, 0.5) is 0 Å². The predicted molar refractivity (Wildman–Crippen MR) is 87.2 cm³/mol. The summed E-state index contributed by atoms with van der Waals surface area (Å²) in [5.74, 6) is 0. The summed E-state index contributed by atoms with van der Waals surface area (Å²) in [6.45, 7) is 13.3. The third-order valence-corrected chi connectivity index (χ3v) is 3.01. The fourth-order valence-electron chi connectivity index (χ4n) is 1.84. The molecule has 0 aliphatic heterocycles. The van der Waals surface area contributed by atoms with Gasteiger partial charge in [0.15, 0.2) is 0 Å². The summed E-state index contributed by atoms with van der Waals surface area (Å²) in [7, 11) is 0. The van der Waals surface area contributed by atoms with E-state index in [-0.39, 0.29) is 38.3 Å². The summed E-state index contributed by atoms with van der Waals surface area (Å²) in [6, 6.07) is 0. The van der Waals surface area contributed by atoms with E-state index in [0.29, 0.717) is 10.8 Å². The normalized spacial score (nSPS) is 16.5. The van der Waals surface area contributed by atoms with Crippen LogP contribution in [0.1, 0.15) is 54.4 Å². The fourth-order valence-corrected chi connectivity index (χ4v) is 1.84. The molecule has 0 radical (unpaired) electrons. The molecule has 0 amide bonds. The Bertz CT molecular complexity index is 358. The van der Waals surface area contributed by atoms with Crippen molar-refractivity contribution in [3.63, 3.8) is 0 Å². The van der Waals surface area contributed by atoms with Gasteiger partial charge in [-0.15, -0.1) is 25.2 Å². The van der Waals surface area contributed by atoms with Crippen molar-refractivity contribution < 1.29 is 25.8 Å². The van der Waals surface area contributed by atoms with Crippen LogP contribution in [0.15, 0.2) is 35.5 Å². The second kappa shape index (κ2) is 9.20. The first kappa shape index (κ1) is 22.4. The van der Waals surface area contributed by atoms with Gasteiger partial charge in [-0.3, -0.25) is 12.2 Å². The van der Waals surface area contributed by atoms with Crippen LogP contribution in [0.25, 0.3) is 0 Å². The van der Waals surface area contributed by atoms with Gasteiger partial charge >= 0.3 is 0 Å². The second-order valence-corrected chi connectivity index (χ2v) is 6.89. The first-order valence-corrected chi connectivity index (χ1v) is 6.77. The van der Waals surface area contributed by atoms with E-state index in [1.807, 2.05) is 0 Å². The Balaban J connectivity index is 0. The molecule has 0 saturated carbocycles. The van der Waals surface area contributed by atoms with Gasteiger partial charge in [-0.1, -0.05) is 41.5 Å². The molecule has 112 valence electrons. The van der Waals surface area contributed by atoms with Crippen molar-refractivity contribution in [1.82, 2.24) is 0 Å². The molecule has 0 aromatic heterocycles. The summed E-state index contributed by atoms with van der Waals surface area (Å²) in [5.41, 5.74) is 3.30. The summed E-state index contributed by atoms with van der Waals surface area (Å²) >= 11 is 0. The van der Waals surface area contributed by atoms with Crippen molar-refractivity contribution in [2.24, 2.45) is 10.8 Å². The Labute approximate surface area is 150 Å². The minimum Gasteiger partial charge on any atom is -0.269 e. The van der Waals surface area contributed by atoms with Crippen LogP contribution in [0, 0.1) is 23.0 Å². The van der Waals surface area contributed by atoms with E-state index in [2.05, 4.69) is 78.0 Å². The van der Waals surface area contributed by atoms with Crippen LogP contribution in [0.5, 0.6) is 0 Å². The molecule has 0 bridgehead atoms. The van der Waals surface area contributed by atoms with E-state index in [0.717, 1.165) is 12.8 Å². The van der Waals surface area contributed by atoms with Crippen molar-refractivity contribution in [3.05, 3.63) is 47.6 Å². The molecule has 0 unspecified atom stereocenters. The van der Waals surface area contributed by atoms with Crippen molar-refractivity contribution in [2.75, 3.05) is 0 Å². The molecule has 0 nitrogen and oxygen atoms in total. The number of halogens is 1. The Kier molecular flexibility index (Phi) is 10.3. The van der Waals surface area contributed by atoms with Crippen LogP contribution in [0.2, 0.25) is 0 Å². The largest absolute Gasteiger partial charge is 0.269 e. The standard InChI is InChI=1S/2C9H13.ClH.Hf/c2*1-9(2,3)8-6-4-5-7-8;;/h2*4,6H,5H2,1-3H3;1H;/q2*-1;;. The van der Waals surface area contributed by atoms with Crippen LogP contribution in [-0.4, -0.2) is 0 Å². The molecule has 0 N–H and O–H groups in total. The van der Waals surface area contributed by atoms with Crippen LogP contribution in [-0.2, 0) is 25.8 Å². The van der Waals surface area contributed by atoms with Crippen molar-refractivity contribution in [1.29, 1.82) is 0 Å². The molecule has 2 rings (SSSR count).